The van der Waals surface area contributed by atoms with Gasteiger partial charge in [-0.3, -0.25) is 4.98 Å². The maximum atomic E-state index is 4.96. The summed E-state index contributed by atoms with van der Waals surface area (Å²) in [5, 5.41) is 4.70. The fraction of sp³-hybridized carbons (Fsp3) is 0. The first-order chi connectivity index (χ1) is 17.8. The fourth-order valence-electron chi connectivity index (χ4n) is 4.79. The third-order valence-electron chi connectivity index (χ3n) is 6.72. The average molecular weight is 460 g/mol. The van der Waals surface area contributed by atoms with E-state index >= 15 is 0 Å². The van der Waals surface area contributed by atoms with Crippen molar-refractivity contribution in [2.24, 2.45) is 0 Å². The van der Waals surface area contributed by atoms with Crippen molar-refractivity contribution >= 4 is 32.6 Å². The van der Waals surface area contributed by atoms with E-state index < -0.39 is 0 Å². The molecule has 4 aromatic carbocycles. The third-order valence-corrected chi connectivity index (χ3v) is 6.72. The lowest BCUT2D eigenvalue weighted by atomic mass is 10.0. The Balaban J connectivity index is 1.26. The van der Waals surface area contributed by atoms with Crippen LogP contribution < -0.4 is 0 Å². The zero-order valence-electron chi connectivity index (χ0n) is 19.5. The molecule has 0 spiro atoms. The number of hydrogen-bond acceptors (Lipinski definition) is 3. The highest BCUT2D eigenvalue weighted by Crippen LogP contribution is 2.30. The molecule has 0 bridgehead atoms. The van der Waals surface area contributed by atoms with Crippen LogP contribution in [0.1, 0.15) is 0 Å². The van der Waals surface area contributed by atoms with Crippen molar-refractivity contribution in [1.29, 1.82) is 0 Å². The van der Waals surface area contributed by atoms with E-state index in [4.69, 9.17) is 9.97 Å². The van der Waals surface area contributed by atoms with Gasteiger partial charge in [0.1, 0.15) is 0 Å². The number of pyridine rings is 3. The molecule has 7 rings (SSSR count). The Labute approximate surface area is 208 Å². The molecule has 36 heavy (non-hydrogen) atoms. The van der Waals surface area contributed by atoms with E-state index in [9.17, 15) is 0 Å². The first kappa shape index (κ1) is 20.5. The highest BCUT2D eigenvalue weighted by molar-refractivity contribution is 5.91. The summed E-state index contributed by atoms with van der Waals surface area (Å²) in [4.78, 5) is 14.1. The Hall–Kier alpha value is -4.89. The lowest BCUT2D eigenvalue weighted by molar-refractivity contribution is 1.30. The summed E-state index contributed by atoms with van der Waals surface area (Å²) in [6.07, 6.45) is 3.63. The monoisotopic (exact) mass is 459 g/mol. The summed E-state index contributed by atoms with van der Waals surface area (Å²) in [5.41, 5.74) is 8.31. The molecule has 3 aromatic heterocycles. The molecular weight excluding hydrogens is 438 g/mol. The standard InChI is InChI=1S/C33H21N3/c1-2-5-24-18-27(10-7-22(24)4-1)31-16-13-28-19-25(12-15-30(28)35-31)26-9-8-23-11-14-32(36-33(23)20-26)29-6-3-17-34-21-29/h1-21H. The predicted molar refractivity (Wildman–Crippen MR) is 149 cm³/mol. The van der Waals surface area contributed by atoms with E-state index in [1.807, 2.05) is 24.4 Å². The summed E-state index contributed by atoms with van der Waals surface area (Å²) < 4.78 is 0. The van der Waals surface area contributed by atoms with Crippen molar-refractivity contribution in [1.82, 2.24) is 15.0 Å². The molecule has 3 nitrogen and oxygen atoms in total. The maximum absolute atomic E-state index is 4.96. The second-order valence-corrected chi connectivity index (χ2v) is 9.01. The molecule has 3 heterocycles. The Kier molecular flexibility index (Phi) is 4.78. The van der Waals surface area contributed by atoms with Gasteiger partial charge < -0.3 is 0 Å². The average Bonchev–Trinajstić information content (AvgIpc) is 2.96. The Morgan fingerprint density at radius 1 is 0.389 bits per heavy atom. The largest absolute Gasteiger partial charge is 0.264 e. The molecule has 0 saturated carbocycles. The van der Waals surface area contributed by atoms with E-state index in [-0.39, 0.29) is 0 Å². The van der Waals surface area contributed by atoms with Gasteiger partial charge in [0.15, 0.2) is 0 Å². The molecule has 0 aliphatic rings. The van der Waals surface area contributed by atoms with Gasteiger partial charge in [-0.15, -0.1) is 0 Å². The predicted octanol–water partition coefficient (Wildman–Crippen LogP) is 8.33. The van der Waals surface area contributed by atoms with Crippen molar-refractivity contribution in [3.63, 3.8) is 0 Å². The van der Waals surface area contributed by atoms with Gasteiger partial charge in [-0.25, -0.2) is 9.97 Å². The lowest BCUT2D eigenvalue weighted by Gasteiger charge is -2.09. The number of aromatic nitrogens is 3. The van der Waals surface area contributed by atoms with E-state index in [0.29, 0.717) is 0 Å². The number of rotatable bonds is 3. The highest BCUT2D eigenvalue weighted by Gasteiger charge is 2.07. The molecule has 0 N–H and O–H groups in total. The first-order valence-electron chi connectivity index (χ1n) is 12.0. The van der Waals surface area contributed by atoms with Crippen LogP contribution in [0.3, 0.4) is 0 Å². The number of hydrogen-bond donors (Lipinski definition) is 0. The first-order valence-corrected chi connectivity index (χ1v) is 12.0. The Morgan fingerprint density at radius 2 is 1.06 bits per heavy atom. The molecule has 168 valence electrons. The minimum atomic E-state index is 0.927. The molecular formula is C33H21N3. The molecule has 0 aliphatic heterocycles. The Morgan fingerprint density at radius 3 is 1.94 bits per heavy atom. The second-order valence-electron chi connectivity index (χ2n) is 9.01. The van der Waals surface area contributed by atoms with Gasteiger partial charge in [0.25, 0.3) is 0 Å². The third kappa shape index (κ3) is 3.68. The minimum Gasteiger partial charge on any atom is -0.264 e. The quantitative estimate of drug-likeness (QED) is 0.267. The zero-order chi connectivity index (χ0) is 23.9. The van der Waals surface area contributed by atoms with Gasteiger partial charge >= 0.3 is 0 Å². The zero-order valence-corrected chi connectivity index (χ0v) is 19.5. The van der Waals surface area contributed by atoms with Crippen LogP contribution in [0, 0.1) is 0 Å². The van der Waals surface area contributed by atoms with Gasteiger partial charge in [0.2, 0.25) is 0 Å². The van der Waals surface area contributed by atoms with E-state index in [1.165, 1.54) is 10.8 Å². The molecule has 7 aromatic rings. The molecule has 0 fully saturated rings. The van der Waals surface area contributed by atoms with E-state index in [0.717, 1.165) is 55.4 Å². The van der Waals surface area contributed by atoms with Crippen LogP contribution >= 0.6 is 0 Å². The smallest absolute Gasteiger partial charge is 0.0725 e. The topological polar surface area (TPSA) is 38.7 Å². The molecule has 0 atom stereocenters. The van der Waals surface area contributed by atoms with Crippen LogP contribution in [0.15, 0.2) is 128 Å². The van der Waals surface area contributed by atoms with Crippen molar-refractivity contribution in [2.45, 2.75) is 0 Å². The number of nitrogens with zero attached hydrogens (tertiary/aromatic N) is 3. The SMILES string of the molecule is c1cncc(-c2ccc3ccc(-c4ccc5nc(-c6ccc7ccccc7c6)ccc5c4)cc3n2)c1. The number of benzene rings is 4. The van der Waals surface area contributed by atoms with Gasteiger partial charge in [-0.1, -0.05) is 66.7 Å². The molecule has 0 radical (unpaired) electrons. The summed E-state index contributed by atoms with van der Waals surface area (Å²) in [5.74, 6) is 0. The highest BCUT2D eigenvalue weighted by atomic mass is 14.7. The molecule has 0 unspecified atom stereocenters. The van der Waals surface area contributed by atoms with Crippen molar-refractivity contribution in [3.05, 3.63) is 128 Å². The summed E-state index contributed by atoms with van der Waals surface area (Å²) in [7, 11) is 0. The van der Waals surface area contributed by atoms with E-state index in [1.54, 1.807) is 6.20 Å². The Bertz CT molecular complexity index is 1890. The van der Waals surface area contributed by atoms with Crippen LogP contribution in [-0.2, 0) is 0 Å². The van der Waals surface area contributed by atoms with Crippen molar-refractivity contribution in [2.75, 3.05) is 0 Å². The molecule has 0 saturated heterocycles. The van der Waals surface area contributed by atoms with Gasteiger partial charge in [-0.05, 0) is 70.4 Å². The van der Waals surface area contributed by atoms with Crippen LogP contribution in [0.5, 0.6) is 0 Å². The lowest BCUT2D eigenvalue weighted by Crippen LogP contribution is -1.88. The van der Waals surface area contributed by atoms with Crippen molar-refractivity contribution < 1.29 is 0 Å². The second kappa shape index (κ2) is 8.40. The van der Waals surface area contributed by atoms with Crippen LogP contribution in [0.25, 0.3) is 66.2 Å². The van der Waals surface area contributed by atoms with Crippen LogP contribution in [0.4, 0.5) is 0 Å². The molecule has 3 heteroatoms. The van der Waals surface area contributed by atoms with Gasteiger partial charge in [0, 0.05) is 34.3 Å². The maximum Gasteiger partial charge on any atom is 0.0725 e. The van der Waals surface area contributed by atoms with Gasteiger partial charge in [0.05, 0.1) is 22.4 Å². The summed E-state index contributed by atoms with van der Waals surface area (Å²) in [6.45, 7) is 0. The summed E-state index contributed by atoms with van der Waals surface area (Å²) in [6, 6.07) is 40.3. The van der Waals surface area contributed by atoms with Crippen LogP contribution in [-0.4, -0.2) is 15.0 Å². The molecule has 0 amide bonds. The minimum absolute atomic E-state index is 0.927. The van der Waals surface area contributed by atoms with Crippen LogP contribution in [0.2, 0.25) is 0 Å². The fourth-order valence-corrected chi connectivity index (χ4v) is 4.79. The van der Waals surface area contributed by atoms with Crippen molar-refractivity contribution in [3.8, 4) is 33.6 Å². The van der Waals surface area contributed by atoms with Gasteiger partial charge in [-0.2, -0.15) is 0 Å². The molecule has 0 aliphatic carbocycles. The normalized spacial score (nSPS) is 11.3. The number of fused-ring (bicyclic) bond motifs is 3. The van der Waals surface area contributed by atoms with E-state index in [2.05, 4.69) is 102 Å². The summed E-state index contributed by atoms with van der Waals surface area (Å²) >= 11 is 0.